The number of amides is 1. The van der Waals surface area contributed by atoms with Crippen LogP contribution in [-0.2, 0) is 14.8 Å². The van der Waals surface area contributed by atoms with E-state index >= 15 is 0 Å². The highest BCUT2D eigenvalue weighted by molar-refractivity contribution is 7.89. The lowest BCUT2D eigenvalue weighted by atomic mass is 10.1. The van der Waals surface area contributed by atoms with Crippen LogP contribution in [0.5, 0.6) is 0 Å². The van der Waals surface area contributed by atoms with Crippen molar-refractivity contribution in [2.45, 2.75) is 43.9 Å². The Morgan fingerprint density at radius 2 is 1.68 bits per heavy atom. The molecule has 0 saturated heterocycles. The van der Waals surface area contributed by atoms with Crippen molar-refractivity contribution >= 4 is 21.6 Å². The Labute approximate surface area is 151 Å². The summed E-state index contributed by atoms with van der Waals surface area (Å²) in [6.07, 6.45) is 7.72. The monoisotopic (exact) mass is 364 g/mol. The first kappa shape index (κ1) is 21.1. The first-order valence-electron chi connectivity index (χ1n) is 8.57. The van der Waals surface area contributed by atoms with Gasteiger partial charge in [-0.15, -0.1) is 13.2 Å². The lowest BCUT2D eigenvalue weighted by Crippen LogP contribution is -2.31. The van der Waals surface area contributed by atoms with Crippen molar-refractivity contribution < 1.29 is 13.2 Å². The van der Waals surface area contributed by atoms with E-state index < -0.39 is 10.0 Å². The van der Waals surface area contributed by atoms with Crippen LogP contribution >= 0.6 is 0 Å². The fourth-order valence-corrected chi connectivity index (χ4v) is 3.74. The molecule has 0 atom stereocenters. The van der Waals surface area contributed by atoms with Gasteiger partial charge in [-0.3, -0.25) is 4.79 Å². The SMILES string of the molecule is C=CCN(CC=C)S(=O)(=O)c1ccc(NC(=O)CCCCCC)cc1. The number of benzene rings is 1. The minimum Gasteiger partial charge on any atom is -0.326 e. The zero-order valence-electron chi connectivity index (χ0n) is 14.9. The van der Waals surface area contributed by atoms with Gasteiger partial charge in [0.1, 0.15) is 0 Å². The fraction of sp³-hybridized carbons (Fsp3) is 0.421. The van der Waals surface area contributed by atoms with Crippen molar-refractivity contribution in [2.75, 3.05) is 18.4 Å². The molecule has 5 nitrogen and oxygen atoms in total. The van der Waals surface area contributed by atoms with Crippen LogP contribution in [0.1, 0.15) is 39.0 Å². The molecule has 0 unspecified atom stereocenters. The highest BCUT2D eigenvalue weighted by atomic mass is 32.2. The molecule has 0 aliphatic carbocycles. The molecule has 0 heterocycles. The molecule has 0 aliphatic rings. The van der Waals surface area contributed by atoms with Gasteiger partial charge in [0.25, 0.3) is 0 Å². The Morgan fingerprint density at radius 1 is 1.08 bits per heavy atom. The zero-order valence-corrected chi connectivity index (χ0v) is 15.7. The van der Waals surface area contributed by atoms with E-state index in [4.69, 9.17) is 0 Å². The van der Waals surface area contributed by atoms with Crippen LogP contribution in [0, 0.1) is 0 Å². The summed E-state index contributed by atoms with van der Waals surface area (Å²) in [5, 5.41) is 2.80. The minimum absolute atomic E-state index is 0.0494. The molecule has 0 spiro atoms. The molecule has 0 aliphatic heterocycles. The highest BCUT2D eigenvalue weighted by Crippen LogP contribution is 2.19. The van der Waals surface area contributed by atoms with Gasteiger partial charge in [-0.05, 0) is 30.7 Å². The molecule has 0 radical (unpaired) electrons. The second kappa shape index (κ2) is 10.8. The van der Waals surface area contributed by atoms with Crippen LogP contribution in [0.15, 0.2) is 54.5 Å². The summed E-state index contributed by atoms with van der Waals surface area (Å²) in [5.41, 5.74) is 0.596. The Balaban J connectivity index is 2.72. The molecule has 1 N–H and O–H groups in total. The summed E-state index contributed by atoms with van der Waals surface area (Å²) in [6.45, 7) is 9.72. The number of unbranched alkanes of at least 4 members (excludes halogenated alkanes) is 3. The van der Waals surface area contributed by atoms with Gasteiger partial charge in [-0.2, -0.15) is 4.31 Å². The number of hydrogen-bond acceptors (Lipinski definition) is 3. The van der Waals surface area contributed by atoms with Crippen molar-refractivity contribution in [3.63, 3.8) is 0 Å². The molecule has 1 aromatic carbocycles. The summed E-state index contributed by atoms with van der Waals surface area (Å²) < 4.78 is 26.5. The molecule has 1 rings (SSSR count). The van der Waals surface area contributed by atoms with E-state index in [1.807, 2.05) is 0 Å². The fourth-order valence-electron chi connectivity index (χ4n) is 2.35. The lowest BCUT2D eigenvalue weighted by molar-refractivity contribution is -0.116. The summed E-state index contributed by atoms with van der Waals surface area (Å²) in [6, 6.07) is 6.22. The third-order valence-corrected chi connectivity index (χ3v) is 5.54. The van der Waals surface area contributed by atoms with Crippen LogP contribution < -0.4 is 5.32 Å². The van der Waals surface area contributed by atoms with Gasteiger partial charge in [0.2, 0.25) is 15.9 Å². The molecule has 1 amide bonds. The summed E-state index contributed by atoms with van der Waals surface area (Å²) in [4.78, 5) is 12.1. The maximum Gasteiger partial charge on any atom is 0.243 e. The summed E-state index contributed by atoms with van der Waals surface area (Å²) in [7, 11) is -3.61. The van der Waals surface area contributed by atoms with E-state index in [9.17, 15) is 13.2 Å². The normalized spacial score (nSPS) is 11.3. The van der Waals surface area contributed by atoms with E-state index in [0.29, 0.717) is 12.1 Å². The number of rotatable bonds is 12. The first-order valence-corrected chi connectivity index (χ1v) is 10.0. The maximum atomic E-state index is 12.6. The van der Waals surface area contributed by atoms with E-state index in [1.54, 1.807) is 12.1 Å². The summed E-state index contributed by atoms with van der Waals surface area (Å²) >= 11 is 0. The number of carbonyl (C=O) groups is 1. The second-order valence-corrected chi connectivity index (χ2v) is 7.72. The molecule has 0 saturated carbocycles. The van der Waals surface area contributed by atoms with Gasteiger partial charge in [0.15, 0.2) is 0 Å². The second-order valence-electron chi connectivity index (χ2n) is 5.78. The topological polar surface area (TPSA) is 66.5 Å². The smallest absolute Gasteiger partial charge is 0.243 e. The largest absolute Gasteiger partial charge is 0.326 e. The molecule has 0 fully saturated rings. The maximum absolute atomic E-state index is 12.6. The third-order valence-electron chi connectivity index (χ3n) is 3.70. The van der Waals surface area contributed by atoms with Gasteiger partial charge in [-0.25, -0.2) is 8.42 Å². The Morgan fingerprint density at radius 3 is 2.20 bits per heavy atom. The quantitative estimate of drug-likeness (QED) is 0.451. The van der Waals surface area contributed by atoms with Crippen molar-refractivity contribution in [2.24, 2.45) is 0 Å². The van der Waals surface area contributed by atoms with Crippen LogP contribution in [0.2, 0.25) is 0 Å². The number of anilines is 1. The van der Waals surface area contributed by atoms with Crippen LogP contribution in [0.4, 0.5) is 5.69 Å². The number of nitrogens with one attached hydrogen (secondary N) is 1. The third kappa shape index (κ3) is 6.84. The van der Waals surface area contributed by atoms with Crippen molar-refractivity contribution in [1.82, 2.24) is 4.31 Å². The van der Waals surface area contributed by atoms with Crippen molar-refractivity contribution in [1.29, 1.82) is 0 Å². The van der Waals surface area contributed by atoms with Crippen LogP contribution in [0.25, 0.3) is 0 Å². The van der Waals surface area contributed by atoms with E-state index in [1.165, 1.54) is 28.6 Å². The molecule has 1 aromatic rings. The predicted molar refractivity (Wildman–Crippen MR) is 103 cm³/mol. The average Bonchev–Trinajstić information content (AvgIpc) is 2.59. The standard InChI is InChI=1S/C19H28N2O3S/c1-4-7-8-9-10-19(22)20-17-11-13-18(14-12-17)25(23,24)21(15-5-2)16-6-3/h5-6,11-14H,2-4,7-10,15-16H2,1H3,(H,20,22). The van der Waals surface area contributed by atoms with Crippen molar-refractivity contribution in [3.05, 3.63) is 49.6 Å². The molecule has 0 aromatic heterocycles. The number of nitrogens with zero attached hydrogens (tertiary/aromatic N) is 1. The van der Waals surface area contributed by atoms with Gasteiger partial charge >= 0.3 is 0 Å². The Bertz CT molecular complexity index is 656. The predicted octanol–water partition coefficient (Wildman–Crippen LogP) is 3.96. The molecule has 6 heteroatoms. The van der Waals surface area contributed by atoms with Gasteiger partial charge in [0.05, 0.1) is 4.90 Å². The number of sulfonamides is 1. The number of carbonyl (C=O) groups excluding carboxylic acids is 1. The highest BCUT2D eigenvalue weighted by Gasteiger charge is 2.22. The lowest BCUT2D eigenvalue weighted by Gasteiger charge is -2.19. The molecular formula is C19H28N2O3S. The molecule has 25 heavy (non-hydrogen) atoms. The van der Waals surface area contributed by atoms with Crippen LogP contribution in [0.3, 0.4) is 0 Å². The van der Waals surface area contributed by atoms with Gasteiger partial charge in [0, 0.05) is 25.2 Å². The molecular weight excluding hydrogens is 336 g/mol. The Hall–Kier alpha value is -1.92. The van der Waals surface area contributed by atoms with Crippen LogP contribution in [-0.4, -0.2) is 31.7 Å². The van der Waals surface area contributed by atoms with E-state index in [-0.39, 0.29) is 23.9 Å². The van der Waals surface area contributed by atoms with Gasteiger partial charge in [-0.1, -0.05) is 38.3 Å². The molecule has 0 bridgehead atoms. The molecule has 138 valence electrons. The average molecular weight is 365 g/mol. The minimum atomic E-state index is -3.61. The van der Waals surface area contributed by atoms with Crippen molar-refractivity contribution in [3.8, 4) is 0 Å². The number of hydrogen-bond donors (Lipinski definition) is 1. The van der Waals surface area contributed by atoms with Gasteiger partial charge < -0.3 is 5.32 Å². The Kier molecular flexibility index (Phi) is 9.16. The summed E-state index contributed by atoms with van der Waals surface area (Å²) in [5.74, 6) is -0.0494. The van der Waals surface area contributed by atoms with E-state index in [2.05, 4.69) is 25.4 Å². The zero-order chi connectivity index (χ0) is 18.7. The van der Waals surface area contributed by atoms with E-state index in [0.717, 1.165) is 25.7 Å². The first-order chi connectivity index (χ1) is 12.0.